The van der Waals surface area contributed by atoms with Crippen molar-refractivity contribution >= 4 is 5.97 Å². The van der Waals surface area contributed by atoms with Crippen LogP contribution in [0.15, 0.2) is 24.3 Å². The molecular formula is C13H18O3. The third-order valence-electron chi connectivity index (χ3n) is 2.52. The van der Waals surface area contributed by atoms with Gasteiger partial charge in [0.2, 0.25) is 0 Å². The summed E-state index contributed by atoms with van der Waals surface area (Å²) < 4.78 is 10.3. The van der Waals surface area contributed by atoms with Gasteiger partial charge in [0.1, 0.15) is 11.3 Å². The summed E-state index contributed by atoms with van der Waals surface area (Å²) in [5.74, 6) is 0.619. The van der Waals surface area contributed by atoms with Crippen LogP contribution in [-0.2, 0) is 4.74 Å². The van der Waals surface area contributed by atoms with Crippen LogP contribution in [0.25, 0.3) is 0 Å². The summed E-state index contributed by atoms with van der Waals surface area (Å²) in [4.78, 5) is 11.7. The molecule has 16 heavy (non-hydrogen) atoms. The zero-order valence-corrected chi connectivity index (χ0v) is 10.0. The van der Waals surface area contributed by atoms with Crippen molar-refractivity contribution in [3.63, 3.8) is 0 Å². The van der Waals surface area contributed by atoms with Crippen molar-refractivity contribution in [1.82, 2.24) is 0 Å². The lowest BCUT2D eigenvalue weighted by molar-refractivity contribution is 0.0443. The van der Waals surface area contributed by atoms with Gasteiger partial charge in [-0.05, 0) is 18.1 Å². The molecule has 0 bridgehead atoms. The number of benzene rings is 1. The molecule has 0 radical (unpaired) electrons. The summed E-state index contributed by atoms with van der Waals surface area (Å²) in [6.07, 6.45) is 0.999. The first-order valence-electron chi connectivity index (χ1n) is 5.49. The highest BCUT2D eigenvalue weighted by atomic mass is 16.5. The molecule has 0 unspecified atom stereocenters. The van der Waals surface area contributed by atoms with E-state index >= 15 is 0 Å². The summed E-state index contributed by atoms with van der Waals surface area (Å²) in [7, 11) is 1.54. The van der Waals surface area contributed by atoms with Gasteiger partial charge in [-0.15, -0.1) is 0 Å². The Morgan fingerprint density at radius 3 is 2.69 bits per heavy atom. The smallest absolute Gasteiger partial charge is 0.341 e. The minimum Gasteiger partial charge on any atom is -0.496 e. The first kappa shape index (κ1) is 12.6. The van der Waals surface area contributed by atoms with Gasteiger partial charge in [0.15, 0.2) is 0 Å². The predicted octanol–water partition coefficient (Wildman–Crippen LogP) is 2.90. The van der Waals surface area contributed by atoms with Crippen molar-refractivity contribution in [3.05, 3.63) is 29.8 Å². The topological polar surface area (TPSA) is 35.5 Å². The van der Waals surface area contributed by atoms with Crippen molar-refractivity contribution in [2.75, 3.05) is 13.7 Å². The molecule has 0 aliphatic carbocycles. The minimum absolute atomic E-state index is 0.322. The van der Waals surface area contributed by atoms with Crippen molar-refractivity contribution < 1.29 is 14.3 Å². The first-order chi connectivity index (χ1) is 7.69. The molecule has 3 heteroatoms. The molecule has 0 saturated heterocycles. The molecule has 0 saturated carbocycles. The van der Waals surface area contributed by atoms with Gasteiger partial charge in [-0.1, -0.05) is 32.4 Å². The first-order valence-corrected chi connectivity index (χ1v) is 5.49. The third-order valence-corrected chi connectivity index (χ3v) is 2.52. The molecule has 0 fully saturated rings. The second-order valence-corrected chi connectivity index (χ2v) is 3.81. The minimum atomic E-state index is -0.322. The molecule has 1 aromatic rings. The maximum Gasteiger partial charge on any atom is 0.341 e. The van der Waals surface area contributed by atoms with Crippen LogP contribution >= 0.6 is 0 Å². The number of methoxy groups -OCH3 is 1. The Kier molecular flexibility index (Phi) is 4.83. The van der Waals surface area contributed by atoms with Crippen LogP contribution in [0.2, 0.25) is 0 Å². The van der Waals surface area contributed by atoms with Crippen LogP contribution in [0.3, 0.4) is 0 Å². The molecule has 0 amide bonds. The van der Waals surface area contributed by atoms with Gasteiger partial charge in [-0.3, -0.25) is 0 Å². The number of carbonyl (C=O) groups is 1. The highest BCUT2D eigenvalue weighted by molar-refractivity contribution is 5.92. The van der Waals surface area contributed by atoms with E-state index in [9.17, 15) is 4.79 Å². The maximum atomic E-state index is 11.7. The molecule has 1 atom stereocenters. The molecule has 0 aromatic heterocycles. The average molecular weight is 222 g/mol. The normalized spacial score (nSPS) is 11.9. The molecule has 0 aliphatic rings. The lowest BCUT2D eigenvalue weighted by Crippen LogP contribution is -2.12. The quantitative estimate of drug-likeness (QED) is 0.718. The maximum absolute atomic E-state index is 11.7. The van der Waals surface area contributed by atoms with Crippen LogP contribution in [0.4, 0.5) is 0 Å². The molecule has 1 rings (SSSR count). The van der Waals surface area contributed by atoms with Gasteiger partial charge in [0.05, 0.1) is 13.7 Å². The fourth-order valence-electron chi connectivity index (χ4n) is 1.23. The van der Waals surface area contributed by atoms with Crippen molar-refractivity contribution in [2.24, 2.45) is 5.92 Å². The predicted molar refractivity (Wildman–Crippen MR) is 62.7 cm³/mol. The Labute approximate surface area is 96.4 Å². The van der Waals surface area contributed by atoms with Gasteiger partial charge in [0, 0.05) is 0 Å². The van der Waals surface area contributed by atoms with E-state index in [4.69, 9.17) is 9.47 Å². The highest BCUT2D eigenvalue weighted by Gasteiger charge is 2.13. The van der Waals surface area contributed by atoms with Gasteiger partial charge in [0.25, 0.3) is 0 Å². The average Bonchev–Trinajstić information content (AvgIpc) is 2.35. The Hall–Kier alpha value is -1.51. The van der Waals surface area contributed by atoms with E-state index in [0.29, 0.717) is 23.8 Å². The van der Waals surface area contributed by atoms with Crippen molar-refractivity contribution in [3.8, 4) is 5.75 Å². The van der Waals surface area contributed by atoms with E-state index < -0.39 is 0 Å². The SMILES string of the molecule is CC[C@H](C)COC(=O)c1ccccc1OC. The number of rotatable bonds is 5. The fraction of sp³-hybridized carbons (Fsp3) is 0.462. The lowest BCUT2D eigenvalue weighted by atomic mass is 10.1. The molecule has 0 N–H and O–H groups in total. The summed E-state index contributed by atoms with van der Waals surface area (Å²) in [6.45, 7) is 4.57. The molecule has 1 aromatic carbocycles. The lowest BCUT2D eigenvalue weighted by Gasteiger charge is -2.11. The summed E-state index contributed by atoms with van der Waals surface area (Å²) in [6, 6.07) is 7.07. The molecule has 0 aliphatic heterocycles. The number of hydrogen-bond acceptors (Lipinski definition) is 3. The van der Waals surface area contributed by atoms with Crippen LogP contribution in [-0.4, -0.2) is 19.7 Å². The van der Waals surface area contributed by atoms with E-state index in [2.05, 4.69) is 13.8 Å². The summed E-state index contributed by atoms with van der Waals surface area (Å²) in [5, 5.41) is 0. The Morgan fingerprint density at radius 2 is 2.06 bits per heavy atom. The van der Waals surface area contributed by atoms with Crippen molar-refractivity contribution in [2.45, 2.75) is 20.3 Å². The molecule has 88 valence electrons. The van der Waals surface area contributed by atoms with Crippen LogP contribution < -0.4 is 4.74 Å². The second kappa shape index (κ2) is 6.16. The standard InChI is InChI=1S/C13H18O3/c1-4-10(2)9-16-13(14)11-7-5-6-8-12(11)15-3/h5-8,10H,4,9H2,1-3H3/t10-/m0/s1. The van der Waals surface area contributed by atoms with Gasteiger partial charge in [-0.2, -0.15) is 0 Å². The zero-order chi connectivity index (χ0) is 12.0. The monoisotopic (exact) mass is 222 g/mol. The number of hydrogen-bond donors (Lipinski definition) is 0. The van der Waals surface area contributed by atoms with Gasteiger partial charge in [-0.25, -0.2) is 4.79 Å². The van der Waals surface area contributed by atoms with Crippen molar-refractivity contribution in [1.29, 1.82) is 0 Å². The van der Waals surface area contributed by atoms with E-state index in [1.807, 2.05) is 6.07 Å². The number of para-hydroxylation sites is 1. The van der Waals surface area contributed by atoms with Crippen LogP contribution in [0.5, 0.6) is 5.75 Å². The Morgan fingerprint density at radius 1 is 1.38 bits per heavy atom. The summed E-state index contributed by atoms with van der Waals surface area (Å²) >= 11 is 0. The van der Waals surface area contributed by atoms with E-state index in [1.165, 1.54) is 0 Å². The molecular weight excluding hydrogens is 204 g/mol. The summed E-state index contributed by atoms with van der Waals surface area (Å²) in [5.41, 5.74) is 0.480. The zero-order valence-electron chi connectivity index (χ0n) is 10.0. The second-order valence-electron chi connectivity index (χ2n) is 3.81. The molecule has 3 nitrogen and oxygen atoms in total. The van der Waals surface area contributed by atoms with Gasteiger partial charge >= 0.3 is 5.97 Å². The van der Waals surface area contributed by atoms with E-state index in [0.717, 1.165) is 6.42 Å². The van der Waals surface area contributed by atoms with E-state index in [1.54, 1.807) is 25.3 Å². The third kappa shape index (κ3) is 3.26. The highest BCUT2D eigenvalue weighted by Crippen LogP contribution is 2.18. The van der Waals surface area contributed by atoms with Gasteiger partial charge < -0.3 is 9.47 Å². The number of esters is 1. The number of ether oxygens (including phenoxy) is 2. The fourth-order valence-corrected chi connectivity index (χ4v) is 1.23. The Balaban J connectivity index is 2.65. The molecule has 0 spiro atoms. The largest absolute Gasteiger partial charge is 0.496 e. The van der Waals surface area contributed by atoms with E-state index in [-0.39, 0.29) is 5.97 Å². The number of carbonyl (C=O) groups excluding carboxylic acids is 1. The Bertz CT molecular complexity index is 347. The van der Waals surface area contributed by atoms with Crippen LogP contribution in [0, 0.1) is 5.92 Å². The molecule has 0 heterocycles. The van der Waals surface area contributed by atoms with Crippen LogP contribution in [0.1, 0.15) is 30.6 Å².